The number of thioether (sulfide) groups is 1. The number of pyridine rings is 1. The molecule has 0 saturated carbocycles. The number of ether oxygens (including phenoxy) is 2. The molecule has 0 aliphatic carbocycles. The van der Waals surface area contributed by atoms with Crippen LogP contribution in [0.25, 0.3) is 0 Å². The summed E-state index contributed by atoms with van der Waals surface area (Å²) >= 11 is 0.916. The molecule has 1 aliphatic heterocycles. The number of anilines is 1. The number of methoxy groups -OCH3 is 1. The van der Waals surface area contributed by atoms with E-state index < -0.39 is 41.4 Å². The summed E-state index contributed by atoms with van der Waals surface area (Å²) in [5.74, 6) is -2.98. The Kier molecular flexibility index (Phi) is 7.63. The fourth-order valence-electron chi connectivity index (χ4n) is 3.66. The maximum absolute atomic E-state index is 13.0. The number of hydrogen-bond acceptors (Lipinski definition) is 9. The SMILES string of the molecule is COc1ccccc1C(=O)COC(=O)c1ccc(N2C(=O)CC(Sc3ncccc3C(=O)O)C2=O)cc1. The summed E-state index contributed by atoms with van der Waals surface area (Å²) in [5.41, 5.74) is 0.603. The second-order valence-electron chi connectivity index (χ2n) is 7.79. The van der Waals surface area contributed by atoms with Gasteiger partial charge in [0.25, 0.3) is 0 Å². The van der Waals surface area contributed by atoms with Gasteiger partial charge in [-0.3, -0.25) is 14.4 Å². The summed E-state index contributed by atoms with van der Waals surface area (Å²) in [5, 5.41) is 8.63. The van der Waals surface area contributed by atoms with Crippen molar-refractivity contribution in [2.45, 2.75) is 16.7 Å². The van der Waals surface area contributed by atoms with Crippen molar-refractivity contribution in [3.8, 4) is 5.75 Å². The highest BCUT2D eigenvalue weighted by atomic mass is 32.2. The molecule has 2 amide bonds. The Balaban J connectivity index is 1.41. The lowest BCUT2D eigenvalue weighted by atomic mass is 10.1. The summed E-state index contributed by atoms with van der Waals surface area (Å²) in [6.07, 6.45) is 1.28. The Morgan fingerprint density at radius 2 is 1.73 bits per heavy atom. The zero-order valence-corrected chi connectivity index (χ0v) is 20.3. The molecule has 1 aromatic heterocycles. The summed E-state index contributed by atoms with van der Waals surface area (Å²) in [6, 6.07) is 15.0. The topological polar surface area (TPSA) is 140 Å². The number of esters is 1. The largest absolute Gasteiger partial charge is 0.496 e. The number of aromatic nitrogens is 1. The van der Waals surface area contributed by atoms with Gasteiger partial charge in [0.1, 0.15) is 10.8 Å². The molecule has 1 unspecified atom stereocenters. The Morgan fingerprint density at radius 3 is 2.43 bits per heavy atom. The quantitative estimate of drug-likeness (QED) is 0.254. The van der Waals surface area contributed by atoms with Crippen molar-refractivity contribution in [1.29, 1.82) is 0 Å². The highest BCUT2D eigenvalue weighted by Crippen LogP contribution is 2.34. The number of carbonyl (C=O) groups is 5. The second-order valence-corrected chi connectivity index (χ2v) is 8.98. The number of ketones is 1. The lowest BCUT2D eigenvalue weighted by Crippen LogP contribution is -2.31. The van der Waals surface area contributed by atoms with Gasteiger partial charge in [-0.2, -0.15) is 0 Å². The predicted octanol–water partition coefficient (Wildman–Crippen LogP) is 3.25. The standard InChI is InChI=1S/C26H20N2O8S/c1-35-20-7-3-2-5-17(20)19(29)14-36-26(34)15-8-10-16(11-9-15)28-22(30)13-21(24(28)31)37-23-18(25(32)33)6-4-12-27-23/h2-12,21H,13-14H2,1H3,(H,32,33). The molecule has 10 nitrogen and oxygen atoms in total. The van der Waals surface area contributed by atoms with Gasteiger partial charge in [0.05, 0.1) is 34.7 Å². The van der Waals surface area contributed by atoms with Crippen LogP contribution in [0.3, 0.4) is 0 Å². The fourth-order valence-corrected chi connectivity index (χ4v) is 4.77. The van der Waals surface area contributed by atoms with Crippen molar-refractivity contribution in [2.75, 3.05) is 18.6 Å². The molecule has 1 fully saturated rings. The van der Waals surface area contributed by atoms with Gasteiger partial charge in [0.15, 0.2) is 6.61 Å². The van der Waals surface area contributed by atoms with Gasteiger partial charge in [-0.15, -0.1) is 0 Å². The van der Waals surface area contributed by atoms with E-state index in [2.05, 4.69) is 4.98 Å². The number of carbonyl (C=O) groups excluding carboxylic acids is 4. The first-order valence-corrected chi connectivity index (χ1v) is 11.8. The van der Waals surface area contributed by atoms with Gasteiger partial charge in [-0.1, -0.05) is 23.9 Å². The summed E-state index contributed by atoms with van der Waals surface area (Å²) in [4.78, 5) is 66.8. The van der Waals surface area contributed by atoms with Crippen LogP contribution in [0, 0.1) is 0 Å². The zero-order valence-electron chi connectivity index (χ0n) is 19.5. The second kappa shape index (κ2) is 11.0. The van der Waals surface area contributed by atoms with Gasteiger partial charge in [-0.05, 0) is 48.5 Å². The molecule has 188 valence electrons. The van der Waals surface area contributed by atoms with E-state index in [1.807, 2.05) is 0 Å². The summed E-state index contributed by atoms with van der Waals surface area (Å²) in [7, 11) is 1.43. The van der Waals surface area contributed by atoms with Crippen LogP contribution >= 0.6 is 11.8 Å². The molecule has 0 bridgehead atoms. The van der Waals surface area contributed by atoms with E-state index in [0.717, 1.165) is 16.7 Å². The lowest BCUT2D eigenvalue weighted by molar-refractivity contribution is -0.121. The third kappa shape index (κ3) is 5.51. The first-order valence-electron chi connectivity index (χ1n) is 10.9. The minimum Gasteiger partial charge on any atom is -0.496 e. The maximum Gasteiger partial charge on any atom is 0.338 e. The summed E-state index contributed by atoms with van der Waals surface area (Å²) in [6.45, 7) is -0.491. The van der Waals surface area contributed by atoms with Crippen molar-refractivity contribution in [1.82, 2.24) is 4.98 Å². The van der Waals surface area contributed by atoms with E-state index >= 15 is 0 Å². The average Bonchev–Trinajstić information content (AvgIpc) is 3.19. The number of hydrogen-bond donors (Lipinski definition) is 1. The number of imide groups is 1. The van der Waals surface area contributed by atoms with Gasteiger partial charge in [0.2, 0.25) is 17.6 Å². The molecule has 0 radical (unpaired) electrons. The number of Topliss-reactive ketones (excluding diaryl/α,β-unsaturated/α-hetero) is 1. The molecular weight excluding hydrogens is 500 g/mol. The van der Waals surface area contributed by atoms with Crippen LogP contribution < -0.4 is 9.64 Å². The van der Waals surface area contributed by atoms with Crippen molar-refractivity contribution in [3.05, 3.63) is 83.6 Å². The minimum atomic E-state index is -1.18. The van der Waals surface area contributed by atoms with E-state index in [4.69, 9.17) is 9.47 Å². The smallest absolute Gasteiger partial charge is 0.338 e. The monoisotopic (exact) mass is 520 g/mol. The Morgan fingerprint density at radius 1 is 1.03 bits per heavy atom. The number of benzene rings is 2. The molecule has 11 heteroatoms. The predicted molar refractivity (Wildman–Crippen MR) is 132 cm³/mol. The van der Waals surface area contributed by atoms with Crippen molar-refractivity contribution in [2.24, 2.45) is 0 Å². The molecule has 37 heavy (non-hydrogen) atoms. The van der Waals surface area contributed by atoms with E-state index in [1.165, 1.54) is 49.7 Å². The molecule has 1 aliphatic rings. The van der Waals surface area contributed by atoms with Crippen LogP contribution in [0.15, 0.2) is 71.9 Å². The molecule has 3 aromatic rings. The minimum absolute atomic E-state index is 0.0572. The van der Waals surface area contributed by atoms with Gasteiger partial charge >= 0.3 is 11.9 Å². The normalized spacial score (nSPS) is 14.9. The van der Waals surface area contributed by atoms with Crippen LogP contribution in [-0.4, -0.2) is 58.6 Å². The van der Waals surface area contributed by atoms with Gasteiger partial charge in [-0.25, -0.2) is 19.5 Å². The van der Waals surface area contributed by atoms with Crippen LogP contribution in [0.2, 0.25) is 0 Å². The van der Waals surface area contributed by atoms with Crippen LogP contribution in [0.4, 0.5) is 5.69 Å². The van der Waals surface area contributed by atoms with E-state index in [9.17, 15) is 29.1 Å². The Bertz CT molecular complexity index is 1390. The van der Waals surface area contributed by atoms with Crippen molar-refractivity contribution < 1.29 is 38.6 Å². The highest BCUT2D eigenvalue weighted by Gasteiger charge is 2.41. The van der Waals surface area contributed by atoms with Gasteiger partial charge < -0.3 is 14.6 Å². The van der Waals surface area contributed by atoms with Gasteiger partial charge in [0, 0.05) is 12.6 Å². The highest BCUT2D eigenvalue weighted by molar-refractivity contribution is 8.00. The van der Waals surface area contributed by atoms with Crippen LogP contribution in [-0.2, 0) is 14.3 Å². The summed E-state index contributed by atoms with van der Waals surface area (Å²) < 4.78 is 10.3. The molecule has 4 rings (SSSR count). The maximum atomic E-state index is 13.0. The molecular formula is C26H20N2O8S. The third-order valence-electron chi connectivity index (χ3n) is 5.46. The first-order chi connectivity index (χ1) is 17.8. The zero-order chi connectivity index (χ0) is 26.5. The number of amides is 2. The number of carboxylic acid groups (broad SMARTS) is 1. The Hall–Kier alpha value is -4.51. The molecule has 0 spiro atoms. The first kappa shape index (κ1) is 25.6. The number of carboxylic acids is 1. The number of nitrogens with zero attached hydrogens (tertiary/aromatic N) is 2. The van der Waals surface area contributed by atoms with Crippen LogP contribution in [0.1, 0.15) is 37.5 Å². The number of para-hydroxylation sites is 1. The van der Waals surface area contributed by atoms with Crippen LogP contribution in [0.5, 0.6) is 5.75 Å². The molecule has 1 atom stereocenters. The third-order valence-corrected chi connectivity index (χ3v) is 6.67. The molecule has 1 N–H and O–H groups in total. The van der Waals surface area contributed by atoms with Crippen molar-refractivity contribution >= 4 is 47.0 Å². The molecule has 1 saturated heterocycles. The lowest BCUT2D eigenvalue weighted by Gasteiger charge is -2.15. The number of aromatic carboxylic acids is 1. The van der Waals surface area contributed by atoms with E-state index in [-0.39, 0.29) is 33.8 Å². The average molecular weight is 521 g/mol. The van der Waals surface area contributed by atoms with Crippen molar-refractivity contribution in [3.63, 3.8) is 0 Å². The Labute approximate surface area is 215 Å². The molecule has 2 heterocycles. The number of rotatable bonds is 9. The fraction of sp³-hybridized carbons (Fsp3) is 0.154. The molecule has 2 aromatic carbocycles. The van der Waals surface area contributed by atoms with E-state index in [1.54, 1.807) is 24.3 Å². The van der Waals surface area contributed by atoms with E-state index in [0.29, 0.717) is 5.75 Å².